The fraction of sp³-hybridized carbons (Fsp3) is 0.133. The Morgan fingerprint density at radius 3 is 3.06 bits per heavy atom. The molecular formula is C15H14N2O. The van der Waals surface area contributed by atoms with Crippen molar-refractivity contribution in [2.75, 3.05) is 0 Å². The summed E-state index contributed by atoms with van der Waals surface area (Å²) in [7, 11) is 0. The number of hydrogen-bond acceptors (Lipinski definition) is 2. The molecule has 0 aliphatic heterocycles. The first-order chi connectivity index (χ1) is 8.83. The van der Waals surface area contributed by atoms with Crippen molar-refractivity contribution in [1.82, 2.24) is 9.97 Å². The van der Waals surface area contributed by atoms with Gasteiger partial charge in [0.15, 0.2) is 0 Å². The molecule has 0 unspecified atom stereocenters. The van der Waals surface area contributed by atoms with Gasteiger partial charge in [0.1, 0.15) is 12.4 Å². The number of pyridine rings is 1. The van der Waals surface area contributed by atoms with Gasteiger partial charge in [0.05, 0.1) is 5.69 Å². The van der Waals surface area contributed by atoms with Crippen LogP contribution in [0.25, 0.3) is 10.9 Å². The first-order valence-electron chi connectivity index (χ1n) is 5.93. The summed E-state index contributed by atoms with van der Waals surface area (Å²) in [4.78, 5) is 7.48. The Hall–Kier alpha value is -2.29. The van der Waals surface area contributed by atoms with Crippen LogP contribution in [0.4, 0.5) is 0 Å². The van der Waals surface area contributed by atoms with Gasteiger partial charge in [-0.25, -0.2) is 0 Å². The van der Waals surface area contributed by atoms with Crippen LogP contribution in [0, 0.1) is 6.92 Å². The van der Waals surface area contributed by atoms with Crippen LogP contribution in [-0.4, -0.2) is 9.97 Å². The van der Waals surface area contributed by atoms with Crippen LogP contribution in [0.5, 0.6) is 5.75 Å². The summed E-state index contributed by atoms with van der Waals surface area (Å²) in [6, 6.07) is 12.0. The molecule has 0 spiro atoms. The normalized spacial score (nSPS) is 10.7. The van der Waals surface area contributed by atoms with Crippen molar-refractivity contribution in [3.8, 4) is 5.75 Å². The van der Waals surface area contributed by atoms with Crippen LogP contribution in [0.2, 0.25) is 0 Å². The molecule has 0 aliphatic rings. The van der Waals surface area contributed by atoms with Crippen LogP contribution in [0.1, 0.15) is 11.3 Å². The van der Waals surface area contributed by atoms with Crippen molar-refractivity contribution >= 4 is 10.9 Å². The summed E-state index contributed by atoms with van der Waals surface area (Å²) >= 11 is 0. The van der Waals surface area contributed by atoms with Crippen molar-refractivity contribution in [3.05, 3.63) is 60.0 Å². The molecular weight excluding hydrogens is 224 g/mol. The van der Waals surface area contributed by atoms with Crippen molar-refractivity contribution in [3.63, 3.8) is 0 Å². The van der Waals surface area contributed by atoms with Gasteiger partial charge in [-0.3, -0.25) is 4.98 Å². The summed E-state index contributed by atoms with van der Waals surface area (Å²) < 4.78 is 5.77. The minimum Gasteiger partial charge on any atom is -0.487 e. The van der Waals surface area contributed by atoms with Gasteiger partial charge < -0.3 is 9.72 Å². The Kier molecular flexibility index (Phi) is 2.73. The molecule has 2 heterocycles. The van der Waals surface area contributed by atoms with Crippen molar-refractivity contribution in [2.45, 2.75) is 13.5 Å². The SMILES string of the molecule is Cc1cccnc1COc1ccc2[nH]ccc2c1. The van der Waals surface area contributed by atoms with Crippen molar-refractivity contribution < 1.29 is 4.74 Å². The lowest BCUT2D eigenvalue weighted by Gasteiger charge is -2.07. The zero-order valence-corrected chi connectivity index (χ0v) is 10.2. The van der Waals surface area contributed by atoms with Crippen LogP contribution in [0.3, 0.4) is 0 Å². The summed E-state index contributed by atoms with van der Waals surface area (Å²) in [5.41, 5.74) is 3.25. The smallest absolute Gasteiger partial charge is 0.130 e. The van der Waals surface area contributed by atoms with Crippen LogP contribution >= 0.6 is 0 Å². The number of fused-ring (bicyclic) bond motifs is 1. The number of ether oxygens (including phenoxy) is 1. The zero-order valence-electron chi connectivity index (χ0n) is 10.2. The molecule has 0 radical (unpaired) electrons. The second-order valence-electron chi connectivity index (χ2n) is 4.28. The number of aryl methyl sites for hydroxylation is 1. The van der Waals surface area contributed by atoms with Gasteiger partial charge in [0, 0.05) is 23.3 Å². The predicted octanol–water partition coefficient (Wildman–Crippen LogP) is 3.45. The lowest BCUT2D eigenvalue weighted by atomic mass is 10.2. The van der Waals surface area contributed by atoms with E-state index in [9.17, 15) is 0 Å². The number of rotatable bonds is 3. The fourth-order valence-electron chi connectivity index (χ4n) is 1.94. The molecule has 3 heteroatoms. The number of H-pyrrole nitrogens is 1. The average molecular weight is 238 g/mol. The number of nitrogens with zero attached hydrogens (tertiary/aromatic N) is 1. The van der Waals surface area contributed by atoms with Crippen LogP contribution < -0.4 is 4.74 Å². The fourth-order valence-corrected chi connectivity index (χ4v) is 1.94. The molecule has 0 saturated carbocycles. The molecule has 3 aromatic rings. The lowest BCUT2D eigenvalue weighted by Crippen LogP contribution is -2.00. The summed E-state index contributed by atoms with van der Waals surface area (Å²) in [6.07, 6.45) is 3.72. The van der Waals surface area contributed by atoms with Crippen molar-refractivity contribution in [2.24, 2.45) is 0 Å². The molecule has 0 bridgehead atoms. The van der Waals surface area contributed by atoms with E-state index in [2.05, 4.69) is 9.97 Å². The summed E-state index contributed by atoms with van der Waals surface area (Å²) in [5, 5.41) is 1.16. The minimum absolute atomic E-state index is 0.503. The molecule has 18 heavy (non-hydrogen) atoms. The van der Waals surface area contributed by atoms with Gasteiger partial charge in [-0.15, -0.1) is 0 Å². The third-order valence-corrected chi connectivity index (χ3v) is 3.02. The third-order valence-electron chi connectivity index (χ3n) is 3.02. The van der Waals surface area contributed by atoms with Crippen LogP contribution in [0.15, 0.2) is 48.8 Å². The van der Waals surface area contributed by atoms with E-state index in [-0.39, 0.29) is 0 Å². The number of benzene rings is 1. The van der Waals surface area contributed by atoms with E-state index in [1.54, 1.807) is 6.20 Å². The maximum atomic E-state index is 5.77. The molecule has 0 atom stereocenters. The maximum Gasteiger partial charge on any atom is 0.130 e. The van der Waals surface area contributed by atoms with Gasteiger partial charge in [-0.1, -0.05) is 6.07 Å². The second-order valence-corrected chi connectivity index (χ2v) is 4.28. The average Bonchev–Trinajstić information content (AvgIpc) is 2.85. The zero-order chi connectivity index (χ0) is 12.4. The van der Waals surface area contributed by atoms with E-state index in [0.29, 0.717) is 6.61 Å². The molecule has 0 fully saturated rings. The van der Waals surface area contributed by atoms with E-state index in [1.165, 1.54) is 0 Å². The lowest BCUT2D eigenvalue weighted by molar-refractivity contribution is 0.301. The van der Waals surface area contributed by atoms with Gasteiger partial charge in [0.2, 0.25) is 0 Å². The van der Waals surface area contributed by atoms with E-state index in [1.807, 2.05) is 49.5 Å². The molecule has 90 valence electrons. The van der Waals surface area contributed by atoms with Gasteiger partial charge in [-0.2, -0.15) is 0 Å². The number of aromatic nitrogens is 2. The molecule has 2 aromatic heterocycles. The molecule has 0 aliphatic carbocycles. The number of hydrogen-bond donors (Lipinski definition) is 1. The first-order valence-corrected chi connectivity index (χ1v) is 5.93. The summed E-state index contributed by atoms with van der Waals surface area (Å²) in [6.45, 7) is 2.55. The standard InChI is InChI=1S/C15H14N2O/c1-11-3-2-7-16-15(11)10-18-13-4-5-14-12(9-13)6-8-17-14/h2-9,17H,10H2,1H3. The molecule has 0 saturated heterocycles. The van der Waals surface area contributed by atoms with Gasteiger partial charge in [-0.05, 0) is 42.8 Å². The highest BCUT2D eigenvalue weighted by molar-refractivity contribution is 5.80. The largest absolute Gasteiger partial charge is 0.487 e. The van der Waals surface area contributed by atoms with Crippen molar-refractivity contribution in [1.29, 1.82) is 0 Å². The van der Waals surface area contributed by atoms with Gasteiger partial charge >= 0.3 is 0 Å². The van der Waals surface area contributed by atoms with E-state index in [4.69, 9.17) is 4.74 Å². The van der Waals surface area contributed by atoms with E-state index >= 15 is 0 Å². The summed E-state index contributed by atoms with van der Waals surface area (Å²) in [5.74, 6) is 0.868. The highest BCUT2D eigenvalue weighted by atomic mass is 16.5. The predicted molar refractivity (Wildman–Crippen MR) is 71.6 cm³/mol. The topological polar surface area (TPSA) is 37.9 Å². The Morgan fingerprint density at radius 1 is 1.22 bits per heavy atom. The van der Waals surface area contributed by atoms with Crippen LogP contribution in [-0.2, 0) is 6.61 Å². The molecule has 1 N–H and O–H groups in total. The van der Waals surface area contributed by atoms with E-state index < -0.39 is 0 Å². The molecule has 0 amide bonds. The highest BCUT2D eigenvalue weighted by Gasteiger charge is 2.01. The molecule has 3 nitrogen and oxygen atoms in total. The van der Waals surface area contributed by atoms with Gasteiger partial charge in [0.25, 0.3) is 0 Å². The first kappa shape index (κ1) is 10.8. The quantitative estimate of drug-likeness (QED) is 0.759. The van der Waals surface area contributed by atoms with E-state index in [0.717, 1.165) is 27.9 Å². The minimum atomic E-state index is 0.503. The highest BCUT2D eigenvalue weighted by Crippen LogP contribution is 2.20. The molecule has 3 rings (SSSR count). The third kappa shape index (κ3) is 2.07. The Morgan fingerprint density at radius 2 is 2.17 bits per heavy atom. The maximum absolute atomic E-state index is 5.77. The Balaban J connectivity index is 1.78. The number of nitrogens with one attached hydrogen (secondary N) is 1. The monoisotopic (exact) mass is 238 g/mol. The second kappa shape index (κ2) is 4.53. The Labute approximate surface area is 105 Å². The Bertz CT molecular complexity index is 673. The molecule has 1 aromatic carbocycles. The number of aromatic amines is 1.